The molecule has 1 amide bonds. The Hall–Kier alpha value is -2.86. The second-order valence-electron chi connectivity index (χ2n) is 5.19. The van der Waals surface area contributed by atoms with Gasteiger partial charge in [-0.3, -0.25) is 4.79 Å². The Balaban J connectivity index is 1.61. The van der Waals surface area contributed by atoms with Gasteiger partial charge in [0.1, 0.15) is 5.75 Å². The first kappa shape index (κ1) is 17.0. The molecule has 0 fully saturated rings. The van der Waals surface area contributed by atoms with Crippen LogP contribution in [0.15, 0.2) is 52.9 Å². The Morgan fingerprint density at radius 1 is 1.16 bits per heavy atom. The highest BCUT2D eigenvalue weighted by Gasteiger charge is 2.14. The van der Waals surface area contributed by atoms with Gasteiger partial charge in [-0.05, 0) is 24.3 Å². The molecule has 0 aliphatic heterocycles. The third kappa shape index (κ3) is 3.97. The molecule has 0 atom stereocenters. The molecule has 3 aromatic rings. The Labute approximate surface area is 149 Å². The van der Waals surface area contributed by atoms with Crippen molar-refractivity contribution < 1.29 is 13.9 Å². The van der Waals surface area contributed by atoms with E-state index in [2.05, 4.69) is 15.5 Å². The first-order chi connectivity index (χ1) is 12.2. The van der Waals surface area contributed by atoms with E-state index in [-0.39, 0.29) is 5.91 Å². The Morgan fingerprint density at radius 3 is 2.72 bits per heavy atom. The predicted molar refractivity (Wildman–Crippen MR) is 93.8 cm³/mol. The van der Waals surface area contributed by atoms with Crippen molar-refractivity contribution in [1.82, 2.24) is 15.5 Å². The lowest BCUT2D eigenvalue weighted by atomic mass is 10.2. The van der Waals surface area contributed by atoms with E-state index in [1.807, 2.05) is 24.3 Å². The molecule has 1 aromatic heterocycles. The average Bonchev–Trinajstić information content (AvgIpc) is 3.10. The van der Waals surface area contributed by atoms with Gasteiger partial charge in [0, 0.05) is 13.0 Å². The summed E-state index contributed by atoms with van der Waals surface area (Å²) in [6.07, 6.45) is 0.415. The molecule has 25 heavy (non-hydrogen) atoms. The number of nitrogens with one attached hydrogen (secondary N) is 1. The van der Waals surface area contributed by atoms with E-state index in [9.17, 15) is 4.79 Å². The van der Waals surface area contributed by atoms with E-state index in [1.165, 1.54) is 0 Å². The lowest BCUT2D eigenvalue weighted by Gasteiger charge is -2.05. The van der Waals surface area contributed by atoms with E-state index in [0.717, 1.165) is 5.56 Å². The highest BCUT2D eigenvalue weighted by atomic mass is 35.5. The van der Waals surface area contributed by atoms with Gasteiger partial charge in [0.25, 0.3) is 11.8 Å². The molecule has 0 saturated carbocycles. The summed E-state index contributed by atoms with van der Waals surface area (Å²) in [4.78, 5) is 12.1. The summed E-state index contributed by atoms with van der Waals surface area (Å²) < 4.78 is 10.9. The van der Waals surface area contributed by atoms with Crippen LogP contribution < -0.4 is 10.1 Å². The highest BCUT2D eigenvalue weighted by Crippen LogP contribution is 2.28. The summed E-state index contributed by atoms with van der Waals surface area (Å²) in [7, 11) is 1.58. The van der Waals surface area contributed by atoms with Crippen LogP contribution in [0.25, 0.3) is 11.5 Å². The Morgan fingerprint density at radius 2 is 1.92 bits per heavy atom. The molecule has 128 valence electrons. The van der Waals surface area contributed by atoms with Gasteiger partial charge >= 0.3 is 0 Å². The molecular weight excluding hydrogens is 342 g/mol. The fourth-order valence-corrected chi connectivity index (χ4v) is 2.53. The first-order valence-electron chi connectivity index (χ1n) is 7.67. The zero-order valence-corrected chi connectivity index (χ0v) is 14.3. The molecule has 0 radical (unpaired) electrons. The topological polar surface area (TPSA) is 77.3 Å². The molecular formula is C18H16ClN3O3. The van der Waals surface area contributed by atoms with Gasteiger partial charge in [-0.2, -0.15) is 0 Å². The van der Waals surface area contributed by atoms with Gasteiger partial charge in [0.15, 0.2) is 0 Å². The van der Waals surface area contributed by atoms with Crippen LogP contribution >= 0.6 is 11.6 Å². The lowest BCUT2D eigenvalue weighted by molar-refractivity contribution is 0.0954. The van der Waals surface area contributed by atoms with Crippen molar-refractivity contribution in [2.75, 3.05) is 13.7 Å². The maximum absolute atomic E-state index is 12.1. The largest absolute Gasteiger partial charge is 0.496 e. The summed E-state index contributed by atoms with van der Waals surface area (Å²) >= 11 is 6.00. The molecule has 2 aromatic carbocycles. The normalized spacial score (nSPS) is 10.5. The van der Waals surface area contributed by atoms with Crippen molar-refractivity contribution >= 4 is 17.5 Å². The SMILES string of the molecule is COc1ccccc1-c1nnc(CCNC(=O)c2ccccc2Cl)o1. The maximum atomic E-state index is 12.1. The van der Waals surface area contributed by atoms with Crippen LogP contribution in [0.2, 0.25) is 5.02 Å². The van der Waals surface area contributed by atoms with Gasteiger partial charge in [0.05, 0.1) is 23.3 Å². The molecule has 1 N–H and O–H groups in total. The number of carbonyl (C=O) groups is 1. The van der Waals surface area contributed by atoms with Gasteiger partial charge in [-0.15, -0.1) is 10.2 Å². The number of aromatic nitrogens is 2. The van der Waals surface area contributed by atoms with E-state index in [4.69, 9.17) is 20.8 Å². The van der Waals surface area contributed by atoms with Crippen molar-refractivity contribution in [2.24, 2.45) is 0 Å². The summed E-state index contributed by atoms with van der Waals surface area (Å²) in [6.45, 7) is 0.359. The second kappa shape index (κ2) is 7.81. The molecule has 0 unspecified atom stereocenters. The molecule has 0 aliphatic carbocycles. The molecule has 7 heteroatoms. The first-order valence-corrected chi connectivity index (χ1v) is 8.05. The summed E-state index contributed by atoms with van der Waals surface area (Å²) in [5.41, 5.74) is 1.16. The van der Waals surface area contributed by atoms with Gasteiger partial charge in [-0.1, -0.05) is 35.9 Å². The number of rotatable bonds is 6. The third-order valence-electron chi connectivity index (χ3n) is 3.55. The van der Waals surface area contributed by atoms with Gasteiger partial charge in [-0.25, -0.2) is 0 Å². The zero-order valence-electron chi connectivity index (χ0n) is 13.5. The van der Waals surface area contributed by atoms with E-state index < -0.39 is 0 Å². The standard InChI is InChI=1S/C18H16ClN3O3/c1-24-15-9-5-3-7-13(15)18-22-21-16(25-18)10-11-20-17(23)12-6-2-4-8-14(12)19/h2-9H,10-11H2,1H3,(H,20,23). The maximum Gasteiger partial charge on any atom is 0.252 e. The van der Waals surface area contributed by atoms with Gasteiger partial charge in [0.2, 0.25) is 5.89 Å². The molecule has 6 nitrogen and oxygen atoms in total. The minimum absolute atomic E-state index is 0.241. The van der Waals surface area contributed by atoms with Crippen LogP contribution in [0.4, 0.5) is 0 Å². The molecule has 0 spiro atoms. The van der Waals surface area contributed by atoms with Crippen molar-refractivity contribution in [2.45, 2.75) is 6.42 Å². The molecule has 1 heterocycles. The fourth-order valence-electron chi connectivity index (χ4n) is 2.31. The van der Waals surface area contributed by atoms with Crippen molar-refractivity contribution in [1.29, 1.82) is 0 Å². The number of benzene rings is 2. The zero-order chi connectivity index (χ0) is 17.6. The minimum Gasteiger partial charge on any atom is -0.496 e. The van der Waals surface area contributed by atoms with Crippen LogP contribution in [0.1, 0.15) is 16.2 Å². The third-order valence-corrected chi connectivity index (χ3v) is 3.88. The van der Waals surface area contributed by atoms with Crippen molar-refractivity contribution in [3.05, 3.63) is 65.0 Å². The number of para-hydroxylation sites is 1. The molecule has 0 aliphatic rings. The number of hydrogen-bond donors (Lipinski definition) is 1. The molecule has 0 bridgehead atoms. The van der Waals surface area contributed by atoms with Gasteiger partial charge < -0.3 is 14.5 Å². The second-order valence-corrected chi connectivity index (χ2v) is 5.59. The van der Waals surface area contributed by atoms with Crippen molar-refractivity contribution in [3.63, 3.8) is 0 Å². The number of hydrogen-bond acceptors (Lipinski definition) is 5. The smallest absolute Gasteiger partial charge is 0.252 e. The minimum atomic E-state index is -0.241. The van der Waals surface area contributed by atoms with Crippen LogP contribution in [0.5, 0.6) is 5.75 Å². The van der Waals surface area contributed by atoms with E-state index in [0.29, 0.717) is 41.1 Å². The lowest BCUT2D eigenvalue weighted by Crippen LogP contribution is -2.26. The van der Waals surface area contributed by atoms with Crippen LogP contribution in [0, 0.1) is 0 Å². The Kier molecular flexibility index (Phi) is 5.30. The average molecular weight is 358 g/mol. The number of methoxy groups -OCH3 is 1. The van der Waals surface area contributed by atoms with E-state index in [1.54, 1.807) is 31.4 Å². The van der Waals surface area contributed by atoms with Crippen LogP contribution in [-0.4, -0.2) is 29.8 Å². The fraction of sp³-hybridized carbons (Fsp3) is 0.167. The summed E-state index contributed by atoms with van der Waals surface area (Å²) in [5.74, 6) is 1.23. The highest BCUT2D eigenvalue weighted by molar-refractivity contribution is 6.33. The number of nitrogens with zero attached hydrogens (tertiary/aromatic N) is 2. The molecule has 0 saturated heterocycles. The summed E-state index contributed by atoms with van der Waals surface area (Å²) in [5, 5.41) is 11.2. The van der Waals surface area contributed by atoms with Crippen LogP contribution in [-0.2, 0) is 6.42 Å². The number of ether oxygens (including phenoxy) is 1. The number of halogens is 1. The summed E-state index contributed by atoms with van der Waals surface area (Å²) in [6, 6.07) is 14.3. The quantitative estimate of drug-likeness (QED) is 0.731. The number of amides is 1. The number of carbonyl (C=O) groups excluding carboxylic acids is 1. The predicted octanol–water partition coefficient (Wildman–Crippen LogP) is 3.37. The monoisotopic (exact) mass is 357 g/mol. The Bertz CT molecular complexity index is 879. The van der Waals surface area contributed by atoms with Crippen molar-refractivity contribution in [3.8, 4) is 17.2 Å². The van der Waals surface area contributed by atoms with Crippen LogP contribution in [0.3, 0.4) is 0 Å². The van der Waals surface area contributed by atoms with E-state index >= 15 is 0 Å². The molecule has 3 rings (SSSR count).